The van der Waals surface area contributed by atoms with Gasteiger partial charge in [0.05, 0.1) is 29.4 Å². The van der Waals surface area contributed by atoms with Gasteiger partial charge in [0.15, 0.2) is 0 Å². The first-order valence-corrected chi connectivity index (χ1v) is 13.2. The van der Waals surface area contributed by atoms with Crippen LogP contribution in [0.4, 0.5) is 11.6 Å². The minimum absolute atomic E-state index is 0.0805. The maximum absolute atomic E-state index is 12.1. The van der Waals surface area contributed by atoms with E-state index < -0.39 is 0 Å². The predicted octanol–water partition coefficient (Wildman–Crippen LogP) is 5.12. The zero-order valence-corrected chi connectivity index (χ0v) is 21.9. The molecule has 0 radical (unpaired) electrons. The molecular weight excluding hydrogens is 478 g/mol. The van der Waals surface area contributed by atoms with Gasteiger partial charge in [-0.25, -0.2) is 19.7 Å². The number of ether oxygens (including phenoxy) is 2. The van der Waals surface area contributed by atoms with Crippen molar-refractivity contribution in [2.75, 3.05) is 17.7 Å². The number of rotatable bonds is 11. The molecular formula is C26H33N5O4S. The summed E-state index contributed by atoms with van der Waals surface area (Å²) in [6.45, 7) is 8.46. The van der Waals surface area contributed by atoms with E-state index in [9.17, 15) is 4.79 Å². The highest BCUT2D eigenvalue weighted by molar-refractivity contribution is 7.94. The Morgan fingerprint density at radius 2 is 2.06 bits per heavy atom. The molecule has 192 valence electrons. The Hall–Kier alpha value is -2.95. The smallest absolute Gasteiger partial charge is 0.340 e. The lowest BCUT2D eigenvalue weighted by Crippen LogP contribution is -2.26. The third kappa shape index (κ3) is 6.05. The molecule has 3 unspecified atom stereocenters. The number of cyclic esters (lactones) is 1. The van der Waals surface area contributed by atoms with E-state index in [0.29, 0.717) is 41.8 Å². The highest BCUT2D eigenvalue weighted by atomic mass is 32.2. The van der Waals surface area contributed by atoms with Gasteiger partial charge in [0.25, 0.3) is 0 Å². The van der Waals surface area contributed by atoms with Crippen LogP contribution >= 0.6 is 12.0 Å². The van der Waals surface area contributed by atoms with Crippen LogP contribution in [0, 0.1) is 0 Å². The molecule has 0 fully saturated rings. The second-order valence-corrected chi connectivity index (χ2v) is 9.84. The van der Waals surface area contributed by atoms with E-state index in [-0.39, 0.29) is 24.2 Å². The number of nitrogens with two attached hydrogens (primary N) is 1. The first kappa shape index (κ1) is 26.1. The Labute approximate surface area is 215 Å². The molecule has 1 aliphatic heterocycles. The maximum atomic E-state index is 12.1. The number of hydrogen-bond acceptors (Lipinski definition) is 10. The molecule has 3 N–H and O–H groups in total. The van der Waals surface area contributed by atoms with Gasteiger partial charge in [0.2, 0.25) is 5.88 Å². The number of carbonyl (C=O) groups excluding carboxylic acids is 1. The topological polar surface area (TPSA) is 121 Å². The van der Waals surface area contributed by atoms with Gasteiger partial charge in [0.1, 0.15) is 17.7 Å². The summed E-state index contributed by atoms with van der Waals surface area (Å²) in [5, 5.41) is 4.99. The van der Waals surface area contributed by atoms with Crippen molar-refractivity contribution in [3.63, 3.8) is 0 Å². The van der Waals surface area contributed by atoms with E-state index in [1.54, 1.807) is 24.5 Å². The van der Waals surface area contributed by atoms with Crippen LogP contribution in [-0.4, -0.2) is 45.5 Å². The molecule has 4 heterocycles. The van der Waals surface area contributed by atoms with E-state index in [1.807, 2.05) is 26.8 Å². The Balaban J connectivity index is 1.58. The van der Waals surface area contributed by atoms with Crippen LogP contribution in [0.3, 0.4) is 0 Å². The molecule has 3 atom stereocenters. The van der Waals surface area contributed by atoms with Crippen molar-refractivity contribution in [1.29, 1.82) is 0 Å². The van der Waals surface area contributed by atoms with Gasteiger partial charge in [0, 0.05) is 37.0 Å². The summed E-state index contributed by atoms with van der Waals surface area (Å²) in [6.07, 6.45) is 5.50. The lowest BCUT2D eigenvalue weighted by Gasteiger charge is -2.21. The standard InChI is InChI=1S/C26H33N5O4S/c1-5-21(27)19-13-29-25(33-10-9-15(3)35-36-6-2)20-14-28-24(12-18(19)20)31-23-8-7-17-22(30-23)11-16(4)34-26(17)32/h7-8,12-16,21H,5-6,9-11,27H2,1-4H3,(H,28,30,31). The molecule has 0 saturated heterocycles. The molecule has 10 heteroatoms. The van der Waals surface area contributed by atoms with Crippen molar-refractivity contribution in [1.82, 2.24) is 15.0 Å². The van der Waals surface area contributed by atoms with Crippen LogP contribution < -0.4 is 15.8 Å². The highest BCUT2D eigenvalue weighted by Crippen LogP contribution is 2.32. The predicted molar refractivity (Wildman–Crippen MR) is 142 cm³/mol. The molecule has 36 heavy (non-hydrogen) atoms. The summed E-state index contributed by atoms with van der Waals surface area (Å²) in [5.74, 6) is 2.31. The number of nitrogens with one attached hydrogen (secondary N) is 1. The summed E-state index contributed by atoms with van der Waals surface area (Å²) in [6, 6.07) is 5.26. The van der Waals surface area contributed by atoms with E-state index in [4.69, 9.17) is 19.4 Å². The highest BCUT2D eigenvalue weighted by Gasteiger charge is 2.25. The van der Waals surface area contributed by atoms with Crippen molar-refractivity contribution in [3.8, 4) is 5.88 Å². The minimum Gasteiger partial charge on any atom is -0.477 e. The average Bonchev–Trinajstić information content (AvgIpc) is 2.86. The number of aromatic nitrogens is 3. The fourth-order valence-electron chi connectivity index (χ4n) is 3.99. The zero-order valence-electron chi connectivity index (χ0n) is 21.1. The lowest BCUT2D eigenvalue weighted by atomic mass is 10.0. The molecule has 9 nitrogen and oxygen atoms in total. The Kier molecular flexibility index (Phi) is 8.60. The van der Waals surface area contributed by atoms with Crippen molar-refractivity contribution in [2.45, 2.75) is 65.2 Å². The maximum Gasteiger partial charge on any atom is 0.340 e. The first-order valence-electron chi connectivity index (χ1n) is 12.3. The third-order valence-corrected chi connectivity index (χ3v) is 6.66. The van der Waals surface area contributed by atoms with Crippen LogP contribution in [0.15, 0.2) is 30.6 Å². The number of carbonyl (C=O) groups is 1. The van der Waals surface area contributed by atoms with Crippen LogP contribution in [-0.2, 0) is 15.3 Å². The van der Waals surface area contributed by atoms with Gasteiger partial charge in [-0.3, -0.25) is 0 Å². The second kappa shape index (κ2) is 11.9. The summed E-state index contributed by atoms with van der Waals surface area (Å²) >= 11 is 1.45. The molecule has 0 aromatic carbocycles. The molecule has 0 spiro atoms. The summed E-state index contributed by atoms with van der Waals surface area (Å²) in [7, 11) is 0. The van der Waals surface area contributed by atoms with E-state index in [0.717, 1.165) is 34.9 Å². The number of esters is 1. The zero-order chi connectivity index (χ0) is 25.7. The van der Waals surface area contributed by atoms with Crippen molar-refractivity contribution >= 4 is 40.4 Å². The molecule has 0 aliphatic carbocycles. The molecule has 3 aromatic heterocycles. The van der Waals surface area contributed by atoms with Crippen LogP contribution in [0.1, 0.15) is 68.2 Å². The lowest BCUT2D eigenvalue weighted by molar-refractivity contribution is 0.0297. The van der Waals surface area contributed by atoms with E-state index in [1.165, 1.54) is 12.0 Å². The summed E-state index contributed by atoms with van der Waals surface area (Å²) in [4.78, 5) is 25.9. The Bertz CT molecular complexity index is 1220. The van der Waals surface area contributed by atoms with Gasteiger partial charge in [-0.1, -0.05) is 13.8 Å². The van der Waals surface area contributed by atoms with Crippen molar-refractivity contribution in [3.05, 3.63) is 47.4 Å². The van der Waals surface area contributed by atoms with Gasteiger partial charge in [-0.2, -0.15) is 0 Å². The third-order valence-electron chi connectivity index (χ3n) is 5.96. The monoisotopic (exact) mass is 511 g/mol. The van der Waals surface area contributed by atoms with Gasteiger partial charge in [-0.05, 0) is 61.5 Å². The molecule has 3 aromatic rings. The van der Waals surface area contributed by atoms with Crippen molar-refractivity contribution in [2.24, 2.45) is 5.73 Å². The molecule has 4 rings (SSSR count). The molecule has 0 bridgehead atoms. The molecule has 1 aliphatic rings. The first-order chi connectivity index (χ1) is 17.4. The molecule has 0 saturated carbocycles. The van der Waals surface area contributed by atoms with Crippen LogP contribution in [0.25, 0.3) is 10.8 Å². The largest absolute Gasteiger partial charge is 0.477 e. The number of fused-ring (bicyclic) bond motifs is 2. The van der Waals surface area contributed by atoms with Gasteiger partial charge in [-0.15, -0.1) is 0 Å². The quantitative estimate of drug-likeness (QED) is 0.265. The number of hydrogen-bond donors (Lipinski definition) is 2. The Morgan fingerprint density at radius 1 is 1.22 bits per heavy atom. The van der Waals surface area contributed by atoms with Crippen molar-refractivity contribution < 1.29 is 18.5 Å². The van der Waals surface area contributed by atoms with E-state index >= 15 is 0 Å². The number of pyridine rings is 3. The normalized spacial score (nSPS) is 16.8. The van der Waals surface area contributed by atoms with Gasteiger partial charge >= 0.3 is 5.97 Å². The van der Waals surface area contributed by atoms with E-state index in [2.05, 4.69) is 27.2 Å². The summed E-state index contributed by atoms with van der Waals surface area (Å²) < 4.78 is 17.0. The fraction of sp³-hybridized carbons (Fsp3) is 0.462. The number of nitrogens with zero attached hydrogens (tertiary/aromatic N) is 3. The summed E-state index contributed by atoms with van der Waals surface area (Å²) in [5.41, 5.74) is 8.55. The minimum atomic E-state index is -0.338. The molecule has 0 amide bonds. The van der Waals surface area contributed by atoms with Crippen LogP contribution in [0.2, 0.25) is 0 Å². The Morgan fingerprint density at radius 3 is 2.83 bits per heavy atom. The average molecular weight is 512 g/mol. The number of anilines is 2. The van der Waals surface area contributed by atoms with Crippen LogP contribution in [0.5, 0.6) is 5.88 Å². The SMILES string of the molecule is CCSOC(C)CCOc1ncc(C(N)CC)c2cc(Nc3ccc4c(n3)CC(C)OC4=O)ncc12. The second-order valence-electron chi connectivity index (χ2n) is 8.83. The fourth-order valence-corrected chi connectivity index (χ4v) is 4.45. The van der Waals surface area contributed by atoms with Gasteiger partial charge < -0.3 is 24.7 Å².